The summed E-state index contributed by atoms with van der Waals surface area (Å²) in [5, 5.41) is 3.37. The number of hydrogen-bond acceptors (Lipinski definition) is 4. The first kappa shape index (κ1) is 20.0. The van der Waals surface area contributed by atoms with Gasteiger partial charge in [-0.2, -0.15) is 0 Å². The van der Waals surface area contributed by atoms with Crippen LogP contribution in [0.3, 0.4) is 0 Å². The number of guanidine groups is 1. The van der Waals surface area contributed by atoms with Gasteiger partial charge in [0.25, 0.3) is 0 Å². The van der Waals surface area contributed by atoms with Gasteiger partial charge in [-0.25, -0.2) is 9.98 Å². The summed E-state index contributed by atoms with van der Waals surface area (Å²) in [6.45, 7) is 7.13. The second kappa shape index (κ2) is 10.5. The number of anilines is 1. The zero-order valence-electron chi connectivity index (χ0n) is 17.0. The predicted octanol–water partition coefficient (Wildman–Crippen LogP) is 3.16. The van der Waals surface area contributed by atoms with E-state index in [2.05, 4.69) is 33.1 Å². The molecule has 0 unspecified atom stereocenters. The summed E-state index contributed by atoms with van der Waals surface area (Å²) in [6.07, 6.45) is 4.40. The first-order valence-electron chi connectivity index (χ1n) is 10.1. The van der Waals surface area contributed by atoms with E-state index >= 15 is 0 Å². The first-order valence-corrected chi connectivity index (χ1v) is 10.1. The number of hydrogen-bond donors (Lipinski definition) is 1. The minimum atomic E-state index is 0.610. The highest BCUT2D eigenvalue weighted by molar-refractivity contribution is 5.79. The van der Waals surface area contributed by atoms with Crippen molar-refractivity contribution < 1.29 is 4.74 Å². The van der Waals surface area contributed by atoms with Gasteiger partial charge in [0.2, 0.25) is 0 Å². The highest BCUT2D eigenvalue weighted by Crippen LogP contribution is 2.18. The summed E-state index contributed by atoms with van der Waals surface area (Å²) in [7, 11) is 2.04. The van der Waals surface area contributed by atoms with E-state index in [1.807, 2.05) is 49.6 Å². The predicted molar refractivity (Wildman–Crippen MR) is 115 cm³/mol. The van der Waals surface area contributed by atoms with Crippen molar-refractivity contribution in [2.75, 3.05) is 44.7 Å². The molecule has 1 aliphatic rings. The molecule has 2 aromatic rings. The molecule has 1 aromatic carbocycles. The summed E-state index contributed by atoms with van der Waals surface area (Å²) in [4.78, 5) is 13.8. The van der Waals surface area contributed by atoms with E-state index in [1.165, 1.54) is 18.4 Å². The molecule has 6 heteroatoms. The van der Waals surface area contributed by atoms with Crippen molar-refractivity contribution in [3.8, 4) is 5.75 Å². The molecule has 0 spiro atoms. The minimum absolute atomic E-state index is 0.610. The lowest BCUT2D eigenvalue weighted by Crippen LogP contribution is -2.40. The van der Waals surface area contributed by atoms with Crippen LogP contribution in [0.15, 0.2) is 53.7 Å². The molecule has 1 aliphatic heterocycles. The Balaban J connectivity index is 1.56. The fourth-order valence-electron chi connectivity index (χ4n) is 3.24. The van der Waals surface area contributed by atoms with Crippen molar-refractivity contribution in [2.45, 2.75) is 26.3 Å². The smallest absolute Gasteiger partial charge is 0.194 e. The van der Waals surface area contributed by atoms with Crippen molar-refractivity contribution in [1.82, 2.24) is 15.2 Å². The van der Waals surface area contributed by atoms with Gasteiger partial charge in [0.1, 0.15) is 18.2 Å². The Morgan fingerprint density at radius 1 is 1.21 bits per heavy atom. The minimum Gasteiger partial charge on any atom is -0.492 e. The highest BCUT2D eigenvalue weighted by Gasteiger charge is 2.13. The normalized spacial score (nSPS) is 14.2. The SMILES string of the molecule is CCNC(=NCc1ccnc(N2CCCC2)c1)N(C)CCOc1ccccc1. The Labute approximate surface area is 168 Å². The zero-order valence-corrected chi connectivity index (χ0v) is 17.0. The number of ether oxygens (including phenoxy) is 1. The summed E-state index contributed by atoms with van der Waals surface area (Å²) >= 11 is 0. The maximum atomic E-state index is 5.80. The molecule has 2 heterocycles. The van der Waals surface area contributed by atoms with E-state index in [1.54, 1.807) is 0 Å². The molecule has 0 atom stereocenters. The van der Waals surface area contributed by atoms with Gasteiger partial charge in [0.05, 0.1) is 13.1 Å². The number of aromatic nitrogens is 1. The third kappa shape index (κ3) is 5.87. The molecule has 6 nitrogen and oxygen atoms in total. The van der Waals surface area contributed by atoms with Crippen molar-refractivity contribution in [2.24, 2.45) is 4.99 Å². The molecule has 0 saturated carbocycles. The maximum absolute atomic E-state index is 5.80. The number of pyridine rings is 1. The third-order valence-electron chi connectivity index (χ3n) is 4.79. The average molecular weight is 382 g/mol. The van der Waals surface area contributed by atoms with E-state index in [4.69, 9.17) is 9.73 Å². The van der Waals surface area contributed by atoms with Gasteiger partial charge in [-0.15, -0.1) is 0 Å². The number of nitrogens with zero attached hydrogens (tertiary/aromatic N) is 4. The van der Waals surface area contributed by atoms with Crippen LogP contribution in [0.2, 0.25) is 0 Å². The standard InChI is InChI=1S/C22H31N5O/c1-3-23-22(26(2)15-16-28-20-9-5-4-6-10-20)25-18-19-11-12-24-21(17-19)27-13-7-8-14-27/h4-6,9-12,17H,3,7-8,13-16,18H2,1-2H3,(H,23,25). The van der Waals surface area contributed by atoms with E-state index in [9.17, 15) is 0 Å². The van der Waals surface area contributed by atoms with Gasteiger partial charge in [0, 0.05) is 32.9 Å². The molecule has 0 radical (unpaired) electrons. The highest BCUT2D eigenvalue weighted by atomic mass is 16.5. The molecule has 0 aliphatic carbocycles. The van der Waals surface area contributed by atoms with E-state index < -0.39 is 0 Å². The third-order valence-corrected chi connectivity index (χ3v) is 4.79. The van der Waals surface area contributed by atoms with E-state index in [-0.39, 0.29) is 0 Å². The molecular weight excluding hydrogens is 350 g/mol. The van der Waals surface area contributed by atoms with Crippen LogP contribution < -0.4 is 15.0 Å². The van der Waals surface area contributed by atoms with E-state index in [0.717, 1.165) is 43.7 Å². The molecule has 150 valence electrons. The molecule has 1 saturated heterocycles. The van der Waals surface area contributed by atoms with Crippen molar-refractivity contribution in [3.05, 3.63) is 54.2 Å². The summed E-state index contributed by atoms with van der Waals surface area (Å²) in [6, 6.07) is 14.1. The molecule has 1 fully saturated rings. The molecule has 3 rings (SSSR count). The molecule has 0 bridgehead atoms. The fourth-order valence-corrected chi connectivity index (χ4v) is 3.24. The van der Waals surface area contributed by atoms with Crippen molar-refractivity contribution >= 4 is 11.8 Å². The topological polar surface area (TPSA) is 53.0 Å². The number of benzene rings is 1. The second-order valence-corrected chi connectivity index (χ2v) is 6.97. The van der Waals surface area contributed by atoms with Crippen molar-refractivity contribution in [3.63, 3.8) is 0 Å². The summed E-state index contributed by atoms with van der Waals surface area (Å²) in [5.74, 6) is 2.85. The van der Waals surface area contributed by atoms with Crippen LogP contribution in [-0.2, 0) is 6.54 Å². The molecule has 28 heavy (non-hydrogen) atoms. The summed E-state index contributed by atoms with van der Waals surface area (Å²) < 4.78 is 5.80. The zero-order chi connectivity index (χ0) is 19.6. The molecule has 1 N–H and O–H groups in total. The largest absolute Gasteiger partial charge is 0.492 e. The van der Waals surface area contributed by atoms with Crippen LogP contribution >= 0.6 is 0 Å². The van der Waals surface area contributed by atoms with Gasteiger partial charge < -0.3 is 19.9 Å². The molecule has 0 amide bonds. The number of nitrogens with one attached hydrogen (secondary N) is 1. The average Bonchev–Trinajstić information content (AvgIpc) is 3.27. The van der Waals surface area contributed by atoms with Crippen LogP contribution in [0.25, 0.3) is 0 Å². The Morgan fingerprint density at radius 2 is 2.00 bits per heavy atom. The number of para-hydroxylation sites is 1. The van der Waals surface area contributed by atoms with Gasteiger partial charge in [-0.05, 0) is 49.6 Å². The Morgan fingerprint density at radius 3 is 2.75 bits per heavy atom. The van der Waals surface area contributed by atoms with Crippen LogP contribution in [0, 0.1) is 0 Å². The Bertz CT molecular complexity index is 744. The van der Waals surface area contributed by atoms with E-state index in [0.29, 0.717) is 13.2 Å². The second-order valence-electron chi connectivity index (χ2n) is 6.97. The molecular formula is C22H31N5O. The lowest BCUT2D eigenvalue weighted by Gasteiger charge is -2.22. The molecule has 1 aromatic heterocycles. The Kier molecular flexibility index (Phi) is 7.53. The van der Waals surface area contributed by atoms with Crippen LogP contribution in [0.1, 0.15) is 25.3 Å². The lowest BCUT2D eigenvalue weighted by molar-refractivity contribution is 0.281. The lowest BCUT2D eigenvalue weighted by atomic mass is 10.2. The van der Waals surface area contributed by atoms with Crippen LogP contribution in [-0.4, -0.2) is 55.7 Å². The first-order chi connectivity index (χ1) is 13.8. The van der Waals surface area contributed by atoms with Gasteiger partial charge in [-0.3, -0.25) is 0 Å². The number of aliphatic imine (C=N–C) groups is 1. The van der Waals surface area contributed by atoms with Crippen LogP contribution in [0.4, 0.5) is 5.82 Å². The van der Waals surface area contributed by atoms with Gasteiger partial charge >= 0.3 is 0 Å². The van der Waals surface area contributed by atoms with Crippen LogP contribution in [0.5, 0.6) is 5.75 Å². The monoisotopic (exact) mass is 381 g/mol. The van der Waals surface area contributed by atoms with Crippen molar-refractivity contribution in [1.29, 1.82) is 0 Å². The number of rotatable bonds is 8. The Hall–Kier alpha value is -2.76. The van der Waals surface area contributed by atoms with Gasteiger partial charge in [0.15, 0.2) is 5.96 Å². The summed E-state index contributed by atoms with van der Waals surface area (Å²) in [5.41, 5.74) is 1.18. The maximum Gasteiger partial charge on any atom is 0.194 e. The quantitative estimate of drug-likeness (QED) is 0.562. The van der Waals surface area contributed by atoms with Gasteiger partial charge in [-0.1, -0.05) is 18.2 Å². The fraction of sp³-hybridized carbons (Fsp3) is 0.455. The number of likely N-dealkylation sites (N-methyl/N-ethyl adjacent to an activating group) is 1.